The summed E-state index contributed by atoms with van der Waals surface area (Å²) >= 11 is 1.69. The molecule has 1 aliphatic carbocycles. The first-order valence-electron chi connectivity index (χ1n) is 12.9. The van der Waals surface area contributed by atoms with Gasteiger partial charge in [0.2, 0.25) is 0 Å². The van der Waals surface area contributed by atoms with E-state index in [-0.39, 0.29) is 11.5 Å². The van der Waals surface area contributed by atoms with Crippen molar-refractivity contribution in [3.8, 4) is 0 Å². The van der Waals surface area contributed by atoms with E-state index in [1.807, 2.05) is 6.92 Å². The van der Waals surface area contributed by atoms with E-state index in [1.165, 1.54) is 22.9 Å². The SMILES string of the molecule is CCOC(=O)N1CCN(CCNc2ncnc3c2sc2nc(N(C)C)c4c(c23)CC(C)(C)CC4)CC1. The molecule has 1 aliphatic heterocycles. The number of amides is 1. The highest BCUT2D eigenvalue weighted by molar-refractivity contribution is 7.26. The molecule has 3 aromatic rings. The molecule has 0 atom stereocenters. The summed E-state index contributed by atoms with van der Waals surface area (Å²) in [7, 11) is 4.17. The Balaban J connectivity index is 1.36. The number of piperazine rings is 1. The predicted octanol–water partition coefficient (Wildman–Crippen LogP) is 4.01. The van der Waals surface area contributed by atoms with Gasteiger partial charge in [0.1, 0.15) is 22.8 Å². The molecule has 4 heterocycles. The van der Waals surface area contributed by atoms with Gasteiger partial charge in [0.05, 0.1) is 16.8 Å². The normalized spacial score (nSPS) is 17.9. The molecule has 0 spiro atoms. The van der Waals surface area contributed by atoms with Crippen LogP contribution in [-0.2, 0) is 17.6 Å². The van der Waals surface area contributed by atoms with Crippen molar-refractivity contribution in [3.05, 3.63) is 17.5 Å². The van der Waals surface area contributed by atoms with E-state index < -0.39 is 0 Å². The highest BCUT2D eigenvalue weighted by atomic mass is 32.1. The van der Waals surface area contributed by atoms with Gasteiger partial charge in [0.15, 0.2) is 0 Å². The molecular formula is C26H37N7O2S. The van der Waals surface area contributed by atoms with Gasteiger partial charge in [-0.15, -0.1) is 11.3 Å². The molecule has 0 bridgehead atoms. The molecule has 1 amide bonds. The second-order valence-electron chi connectivity index (χ2n) is 10.8. The van der Waals surface area contributed by atoms with Gasteiger partial charge in [-0.2, -0.15) is 0 Å². The third kappa shape index (κ3) is 4.80. The van der Waals surface area contributed by atoms with Crippen LogP contribution in [0.1, 0.15) is 38.3 Å². The zero-order chi connectivity index (χ0) is 25.4. The van der Waals surface area contributed by atoms with Crippen LogP contribution in [0.4, 0.5) is 16.4 Å². The van der Waals surface area contributed by atoms with Gasteiger partial charge in [0.25, 0.3) is 0 Å². The van der Waals surface area contributed by atoms with Crippen LogP contribution in [0.3, 0.4) is 0 Å². The van der Waals surface area contributed by atoms with Crippen LogP contribution in [0.15, 0.2) is 6.33 Å². The number of nitrogens with one attached hydrogen (secondary N) is 1. The minimum atomic E-state index is -0.208. The zero-order valence-electron chi connectivity index (χ0n) is 22.1. The Kier molecular flexibility index (Phi) is 6.91. The molecule has 1 fully saturated rings. The Labute approximate surface area is 216 Å². The molecule has 2 aliphatic rings. The summed E-state index contributed by atoms with van der Waals surface area (Å²) in [6.07, 6.45) is 4.73. The summed E-state index contributed by atoms with van der Waals surface area (Å²) in [6, 6.07) is 0. The molecule has 10 heteroatoms. The number of thiophene rings is 1. The molecular weight excluding hydrogens is 474 g/mol. The van der Waals surface area contributed by atoms with E-state index in [0.29, 0.717) is 19.7 Å². The molecule has 0 aromatic carbocycles. The van der Waals surface area contributed by atoms with E-state index in [4.69, 9.17) is 14.7 Å². The van der Waals surface area contributed by atoms with Crippen molar-refractivity contribution in [3.63, 3.8) is 0 Å². The molecule has 0 unspecified atom stereocenters. The van der Waals surface area contributed by atoms with Gasteiger partial charge in [-0.3, -0.25) is 4.90 Å². The van der Waals surface area contributed by atoms with Crippen LogP contribution in [0.5, 0.6) is 0 Å². The minimum Gasteiger partial charge on any atom is -0.450 e. The first kappa shape index (κ1) is 25.0. The second kappa shape index (κ2) is 9.97. The first-order chi connectivity index (χ1) is 17.3. The van der Waals surface area contributed by atoms with E-state index in [1.54, 1.807) is 22.6 Å². The Morgan fingerprint density at radius 3 is 2.69 bits per heavy atom. The lowest BCUT2D eigenvalue weighted by molar-refractivity contribution is 0.0807. The predicted molar refractivity (Wildman–Crippen MR) is 146 cm³/mol. The molecule has 36 heavy (non-hydrogen) atoms. The van der Waals surface area contributed by atoms with Gasteiger partial charge in [-0.1, -0.05) is 13.8 Å². The second-order valence-corrected chi connectivity index (χ2v) is 11.8. The highest BCUT2D eigenvalue weighted by Gasteiger charge is 2.31. The summed E-state index contributed by atoms with van der Waals surface area (Å²) < 4.78 is 6.20. The number of rotatable bonds is 6. The average Bonchev–Trinajstić information content (AvgIpc) is 3.23. The number of pyridine rings is 1. The summed E-state index contributed by atoms with van der Waals surface area (Å²) in [5.41, 5.74) is 4.07. The lowest BCUT2D eigenvalue weighted by Gasteiger charge is -2.34. The number of anilines is 2. The van der Waals surface area contributed by atoms with E-state index in [0.717, 1.165) is 65.7 Å². The molecule has 1 N–H and O–H groups in total. The quantitative estimate of drug-likeness (QED) is 0.531. The molecule has 0 radical (unpaired) electrons. The Bertz CT molecular complexity index is 1260. The Morgan fingerprint density at radius 1 is 1.19 bits per heavy atom. The monoisotopic (exact) mass is 511 g/mol. The van der Waals surface area contributed by atoms with Crippen molar-refractivity contribution in [2.75, 3.05) is 70.2 Å². The van der Waals surface area contributed by atoms with Gasteiger partial charge in [-0.25, -0.2) is 19.7 Å². The van der Waals surface area contributed by atoms with Crippen molar-refractivity contribution in [1.29, 1.82) is 0 Å². The topological polar surface area (TPSA) is 86.7 Å². The molecule has 3 aromatic heterocycles. The largest absolute Gasteiger partial charge is 0.450 e. The van der Waals surface area contributed by atoms with Gasteiger partial charge in [0, 0.05) is 58.8 Å². The van der Waals surface area contributed by atoms with Crippen LogP contribution in [0.25, 0.3) is 20.4 Å². The first-order valence-corrected chi connectivity index (χ1v) is 13.7. The Hall–Kier alpha value is -2.72. The fraction of sp³-hybridized carbons (Fsp3) is 0.615. The van der Waals surface area contributed by atoms with Crippen LogP contribution in [-0.4, -0.2) is 90.8 Å². The zero-order valence-corrected chi connectivity index (χ0v) is 22.9. The summed E-state index contributed by atoms with van der Waals surface area (Å²) in [4.78, 5) is 33.7. The van der Waals surface area contributed by atoms with Gasteiger partial charge >= 0.3 is 6.09 Å². The van der Waals surface area contributed by atoms with Gasteiger partial charge in [-0.05, 0) is 42.7 Å². The number of hydrogen-bond donors (Lipinski definition) is 1. The van der Waals surface area contributed by atoms with Crippen molar-refractivity contribution in [2.45, 2.75) is 40.0 Å². The number of aromatic nitrogens is 3. The van der Waals surface area contributed by atoms with Crippen LogP contribution < -0.4 is 10.2 Å². The lowest BCUT2D eigenvalue weighted by Crippen LogP contribution is -2.49. The van der Waals surface area contributed by atoms with Crippen LogP contribution >= 0.6 is 11.3 Å². The molecule has 9 nitrogen and oxygen atoms in total. The third-order valence-electron chi connectivity index (χ3n) is 7.35. The standard InChI is InChI=1S/C26H37N7O2S/c1-6-35-25(34)33-13-11-32(12-14-33)10-9-27-22-21-20(28-16-29-22)19-18-15-26(2,3)8-7-17(18)23(31(4)5)30-24(19)36-21/h16H,6-15H2,1-5H3,(H,27,28,29). The number of fused-ring (bicyclic) bond motifs is 5. The van der Waals surface area contributed by atoms with E-state index in [2.05, 4.69) is 48.0 Å². The smallest absolute Gasteiger partial charge is 0.409 e. The Morgan fingerprint density at radius 2 is 1.97 bits per heavy atom. The van der Waals surface area contributed by atoms with Crippen molar-refractivity contribution in [2.24, 2.45) is 5.41 Å². The fourth-order valence-corrected chi connectivity index (χ4v) is 6.50. The van der Waals surface area contributed by atoms with E-state index in [9.17, 15) is 4.79 Å². The van der Waals surface area contributed by atoms with E-state index >= 15 is 0 Å². The van der Waals surface area contributed by atoms with Crippen LogP contribution in [0.2, 0.25) is 0 Å². The lowest BCUT2D eigenvalue weighted by atomic mass is 9.73. The maximum absolute atomic E-state index is 11.9. The number of ether oxygens (including phenoxy) is 1. The third-order valence-corrected chi connectivity index (χ3v) is 8.43. The highest BCUT2D eigenvalue weighted by Crippen LogP contribution is 2.45. The maximum atomic E-state index is 11.9. The van der Waals surface area contributed by atoms with Crippen molar-refractivity contribution in [1.82, 2.24) is 24.8 Å². The number of carbonyl (C=O) groups is 1. The molecule has 0 saturated carbocycles. The number of nitrogens with zero attached hydrogens (tertiary/aromatic N) is 6. The van der Waals surface area contributed by atoms with Gasteiger partial charge < -0.3 is 19.9 Å². The average molecular weight is 512 g/mol. The summed E-state index contributed by atoms with van der Waals surface area (Å²) in [5, 5.41) is 4.77. The molecule has 5 rings (SSSR count). The summed E-state index contributed by atoms with van der Waals surface area (Å²) in [6.45, 7) is 11.8. The maximum Gasteiger partial charge on any atom is 0.409 e. The molecule has 1 saturated heterocycles. The van der Waals surface area contributed by atoms with Crippen molar-refractivity contribution >= 4 is 49.5 Å². The minimum absolute atomic E-state index is 0.208. The van der Waals surface area contributed by atoms with Crippen molar-refractivity contribution < 1.29 is 9.53 Å². The fourth-order valence-electron chi connectivity index (χ4n) is 5.38. The number of carbonyl (C=O) groups excluding carboxylic acids is 1. The summed E-state index contributed by atoms with van der Waals surface area (Å²) in [5.74, 6) is 1.97. The number of hydrogen-bond acceptors (Lipinski definition) is 9. The van der Waals surface area contributed by atoms with Crippen LogP contribution in [0, 0.1) is 5.41 Å². The molecule has 194 valence electrons.